The number of fused-ring (bicyclic) bond motifs is 1. The highest BCUT2D eigenvalue weighted by molar-refractivity contribution is 5.24. The lowest BCUT2D eigenvalue weighted by atomic mass is 9.67. The summed E-state index contributed by atoms with van der Waals surface area (Å²) in [5.41, 5.74) is 0.930. The van der Waals surface area contributed by atoms with E-state index in [4.69, 9.17) is 4.74 Å². The van der Waals surface area contributed by atoms with E-state index >= 15 is 0 Å². The van der Waals surface area contributed by atoms with Crippen LogP contribution >= 0.6 is 0 Å². The van der Waals surface area contributed by atoms with Crippen LogP contribution in [0, 0.1) is 16.0 Å². The van der Waals surface area contributed by atoms with Gasteiger partial charge in [0.25, 0.3) is 0 Å². The van der Waals surface area contributed by atoms with E-state index in [0.717, 1.165) is 24.8 Å². The molecule has 5 atom stereocenters. The minimum atomic E-state index is -1.22. The van der Waals surface area contributed by atoms with Crippen LogP contribution in [-0.2, 0) is 4.74 Å². The molecule has 0 aromatic heterocycles. The van der Waals surface area contributed by atoms with Gasteiger partial charge in [-0.25, -0.2) is 0 Å². The highest BCUT2D eigenvalue weighted by Crippen LogP contribution is 2.50. The summed E-state index contributed by atoms with van der Waals surface area (Å²) in [6.45, 7) is 1.70. The van der Waals surface area contributed by atoms with Gasteiger partial charge in [0.1, 0.15) is 6.10 Å². The molecule has 1 aliphatic heterocycles. The summed E-state index contributed by atoms with van der Waals surface area (Å²) in [4.78, 5) is 11.3. The zero-order chi connectivity index (χ0) is 15.0. The molecule has 1 aromatic rings. The minimum Gasteiger partial charge on any atom is -0.365 e. The average molecular weight is 291 g/mol. The Morgan fingerprint density at radius 2 is 2.05 bits per heavy atom. The molecule has 0 radical (unpaired) electrons. The van der Waals surface area contributed by atoms with E-state index in [1.54, 1.807) is 6.92 Å². The van der Waals surface area contributed by atoms with E-state index in [-0.39, 0.29) is 16.8 Å². The molecule has 0 spiro atoms. The highest BCUT2D eigenvalue weighted by atomic mass is 16.7. The molecule has 1 saturated heterocycles. The number of benzene rings is 1. The topological polar surface area (TPSA) is 72.6 Å². The quantitative estimate of drug-likeness (QED) is 0.671. The molecule has 2 aliphatic rings. The number of nitrogens with zero attached hydrogens (tertiary/aromatic N) is 1. The van der Waals surface area contributed by atoms with Crippen molar-refractivity contribution in [3.05, 3.63) is 46.0 Å². The maximum atomic E-state index is 11.6. The summed E-state index contributed by atoms with van der Waals surface area (Å²) >= 11 is 0. The van der Waals surface area contributed by atoms with Gasteiger partial charge in [0.2, 0.25) is 6.04 Å². The van der Waals surface area contributed by atoms with Gasteiger partial charge in [-0.05, 0) is 25.3 Å². The van der Waals surface area contributed by atoms with Crippen molar-refractivity contribution in [1.29, 1.82) is 0 Å². The molecule has 1 saturated carbocycles. The van der Waals surface area contributed by atoms with Crippen molar-refractivity contribution in [3.8, 4) is 0 Å². The molecule has 2 fully saturated rings. The number of hydrogen-bond donors (Lipinski definition) is 1. The molecule has 0 bridgehead atoms. The fraction of sp³-hybridized carbons (Fsp3) is 0.625. The summed E-state index contributed by atoms with van der Waals surface area (Å²) in [6.07, 6.45) is 2.63. The lowest BCUT2D eigenvalue weighted by Gasteiger charge is -2.50. The second-order valence-electron chi connectivity index (χ2n) is 6.23. The van der Waals surface area contributed by atoms with Gasteiger partial charge in [0.15, 0.2) is 5.79 Å². The molecule has 1 N–H and O–H groups in total. The predicted molar refractivity (Wildman–Crippen MR) is 77.4 cm³/mol. The normalized spacial score (nSPS) is 39.5. The predicted octanol–water partition coefficient (Wildman–Crippen LogP) is 2.71. The summed E-state index contributed by atoms with van der Waals surface area (Å²) in [6, 6.07) is 8.74. The van der Waals surface area contributed by atoms with E-state index in [2.05, 4.69) is 0 Å². The van der Waals surface area contributed by atoms with Crippen LogP contribution in [0.5, 0.6) is 0 Å². The lowest BCUT2D eigenvalue weighted by Crippen LogP contribution is -2.59. The monoisotopic (exact) mass is 291 g/mol. The second kappa shape index (κ2) is 5.39. The SMILES string of the molecule is CC1OC2(O)CCCCC2C(c2ccccc2)C1[N+](=O)[O-]. The molecule has 1 heterocycles. The Labute approximate surface area is 124 Å². The maximum absolute atomic E-state index is 11.6. The zero-order valence-corrected chi connectivity index (χ0v) is 12.1. The van der Waals surface area contributed by atoms with Gasteiger partial charge in [0, 0.05) is 17.3 Å². The van der Waals surface area contributed by atoms with Crippen molar-refractivity contribution in [2.75, 3.05) is 0 Å². The highest BCUT2D eigenvalue weighted by Gasteiger charge is 2.58. The Morgan fingerprint density at radius 3 is 2.71 bits per heavy atom. The van der Waals surface area contributed by atoms with Crippen LogP contribution in [0.3, 0.4) is 0 Å². The van der Waals surface area contributed by atoms with Gasteiger partial charge in [-0.2, -0.15) is 0 Å². The number of nitro groups is 1. The van der Waals surface area contributed by atoms with Gasteiger partial charge in [0.05, 0.1) is 5.92 Å². The van der Waals surface area contributed by atoms with Crippen molar-refractivity contribution in [2.45, 2.75) is 56.5 Å². The van der Waals surface area contributed by atoms with E-state index in [9.17, 15) is 15.2 Å². The summed E-state index contributed by atoms with van der Waals surface area (Å²) in [7, 11) is 0. The van der Waals surface area contributed by atoms with E-state index in [1.807, 2.05) is 30.3 Å². The molecule has 21 heavy (non-hydrogen) atoms. The van der Waals surface area contributed by atoms with Crippen LogP contribution in [-0.4, -0.2) is 28.0 Å². The molecule has 0 amide bonds. The molecule has 5 heteroatoms. The molecule has 3 rings (SSSR count). The first-order valence-corrected chi connectivity index (χ1v) is 7.61. The van der Waals surface area contributed by atoms with Crippen molar-refractivity contribution < 1.29 is 14.8 Å². The van der Waals surface area contributed by atoms with Crippen molar-refractivity contribution >= 4 is 0 Å². The summed E-state index contributed by atoms with van der Waals surface area (Å²) < 4.78 is 5.72. The lowest BCUT2D eigenvalue weighted by molar-refractivity contribution is -0.558. The standard InChI is InChI=1S/C16H21NO4/c1-11-15(17(19)20)14(12-7-3-2-4-8-12)13-9-5-6-10-16(13,18)21-11/h2-4,7-8,11,13-15,18H,5-6,9-10H2,1H3. The van der Waals surface area contributed by atoms with Crippen LogP contribution in [0.15, 0.2) is 30.3 Å². The minimum absolute atomic E-state index is 0.208. The first-order chi connectivity index (χ1) is 10.0. The first kappa shape index (κ1) is 14.5. The molecule has 5 nitrogen and oxygen atoms in total. The third-order valence-electron chi connectivity index (χ3n) is 4.98. The van der Waals surface area contributed by atoms with Crippen LogP contribution in [0.1, 0.15) is 44.1 Å². The van der Waals surface area contributed by atoms with Crippen molar-refractivity contribution in [3.63, 3.8) is 0 Å². The third kappa shape index (κ3) is 2.45. The average Bonchev–Trinajstić information content (AvgIpc) is 2.45. The van der Waals surface area contributed by atoms with E-state index < -0.39 is 17.9 Å². The molecule has 1 aliphatic carbocycles. The summed E-state index contributed by atoms with van der Waals surface area (Å²) in [5, 5.41) is 22.4. The van der Waals surface area contributed by atoms with Crippen LogP contribution in [0.4, 0.5) is 0 Å². The van der Waals surface area contributed by atoms with E-state index in [1.165, 1.54) is 0 Å². The van der Waals surface area contributed by atoms with Gasteiger partial charge in [-0.15, -0.1) is 0 Å². The largest absolute Gasteiger partial charge is 0.365 e. The summed E-state index contributed by atoms with van der Waals surface area (Å²) in [5.74, 6) is -1.72. The number of rotatable bonds is 2. The third-order valence-corrected chi connectivity index (χ3v) is 4.98. The number of ether oxygens (including phenoxy) is 1. The maximum Gasteiger partial charge on any atom is 0.245 e. The molecule has 1 aromatic carbocycles. The van der Waals surface area contributed by atoms with Crippen LogP contribution in [0.2, 0.25) is 0 Å². The van der Waals surface area contributed by atoms with E-state index in [0.29, 0.717) is 6.42 Å². The molecule has 114 valence electrons. The van der Waals surface area contributed by atoms with Crippen molar-refractivity contribution in [1.82, 2.24) is 0 Å². The smallest absolute Gasteiger partial charge is 0.245 e. The van der Waals surface area contributed by atoms with Crippen LogP contribution < -0.4 is 0 Å². The van der Waals surface area contributed by atoms with Gasteiger partial charge >= 0.3 is 0 Å². The molecular weight excluding hydrogens is 270 g/mol. The number of aliphatic hydroxyl groups is 1. The van der Waals surface area contributed by atoms with Gasteiger partial charge in [-0.3, -0.25) is 10.1 Å². The first-order valence-electron chi connectivity index (χ1n) is 7.61. The number of hydrogen-bond acceptors (Lipinski definition) is 4. The Balaban J connectivity index is 2.05. The fourth-order valence-electron chi connectivity index (χ4n) is 4.09. The van der Waals surface area contributed by atoms with Crippen LogP contribution in [0.25, 0.3) is 0 Å². The molecular formula is C16H21NO4. The van der Waals surface area contributed by atoms with Gasteiger partial charge in [-0.1, -0.05) is 36.8 Å². The van der Waals surface area contributed by atoms with Crippen molar-refractivity contribution in [2.24, 2.45) is 5.92 Å². The zero-order valence-electron chi connectivity index (χ0n) is 12.1. The Kier molecular flexibility index (Phi) is 3.71. The molecule has 5 unspecified atom stereocenters. The Bertz CT molecular complexity index is 520. The fourth-order valence-corrected chi connectivity index (χ4v) is 4.09. The Hall–Kier alpha value is -1.46. The van der Waals surface area contributed by atoms with Gasteiger partial charge < -0.3 is 9.84 Å². The second-order valence-corrected chi connectivity index (χ2v) is 6.23. The Morgan fingerprint density at radius 1 is 1.33 bits per heavy atom.